The van der Waals surface area contributed by atoms with E-state index in [-0.39, 0.29) is 13.0 Å². The van der Waals surface area contributed by atoms with E-state index in [2.05, 4.69) is 9.50 Å². The van der Waals surface area contributed by atoms with Crippen molar-refractivity contribution in [1.29, 1.82) is 0 Å². The average molecular weight is 273 g/mol. The van der Waals surface area contributed by atoms with Crippen molar-refractivity contribution in [1.82, 2.24) is 5.32 Å². The predicted octanol–water partition coefficient (Wildman–Crippen LogP) is -0.743. The van der Waals surface area contributed by atoms with Crippen molar-refractivity contribution in [2.75, 3.05) is 20.3 Å². The fourth-order valence-electron chi connectivity index (χ4n) is 0.761. The first-order valence-electron chi connectivity index (χ1n) is 4.88. The van der Waals surface area contributed by atoms with Gasteiger partial charge in [-0.2, -0.15) is 8.42 Å². The average Bonchev–Trinajstić information content (AvgIpc) is 2.23. The van der Waals surface area contributed by atoms with Crippen molar-refractivity contribution < 1.29 is 32.2 Å². The monoisotopic (exact) mass is 273 g/mol. The topological polar surface area (TPSA) is 133 Å². The van der Waals surface area contributed by atoms with Gasteiger partial charge in [-0.25, -0.2) is 0 Å². The summed E-state index contributed by atoms with van der Waals surface area (Å²) in [6.07, 6.45) is 1.17. The van der Waals surface area contributed by atoms with Crippen LogP contribution in [0.3, 0.4) is 0 Å². The first-order chi connectivity index (χ1) is 7.78. The molecule has 17 heavy (non-hydrogen) atoms. The van der Waals surface area contributed by atoms with Crippen molar-refractivity contribution in [3.8, 4) is 0 Å². The molecule has 8 nitrogen and oxygen atoms in total. The number of rotatable bonds is 7. The van der Waals surface area contributed by atoms with Crippen LogP contribution in [-0.2, 0) is 19.4 Å². The molecule has 104 valence electrons. The van der Waals surface area contributed by atoms with E-state index in [1.165, 1.54) is 0 Å². The lowest BCUT2D eigenvalue weighted by molar-refractivity contribution is -0.139. The van der Waals surface area contributed by atoms with Gasteiger partial charge in [0.1, 0.15) is 6.04 Å². The molecule has 0 aliphatic rings. The maximum atomic E-state index is 10.4. The Kier molecular flexibility index (Phi) is 11.4. The molecule has 4 N–H and O–H groups in total. The third-order valence-corrected chi connectivity index (χ3v) is 1.99. The molecule has 0 rings (SSSR count). The van der Waals surface area contributed by atoms with E-state index in [0.717, 1.165) is 13.5 Å². The smallest absolute Gasteiger partial charge is 0.397 e. The minimum Gasteiger partial charge on any atom is -0.480 e. The van der Waals surface area contributed by atoms with Crippen molar-refractivity contribution in [2.24, 2.45) is 0 Å². The van der Waals surface area contributed by atoms with Crippen molar-refractivity contribution in [3.05, 3.63) is 0 Å². The van der Waals surface area contributed by atoms with Gasteiger partial charge in [-0.1, -0.05) is 6.92 Å². The number of carboxylic acids is 1. The summed E-state index contributed by atoms with van der Waals surface area (Å²) in [5.41, 5.74) is 0. The van der Waals surface area contributed by atoms with Gasteiger partial charge in [0.2, 0.25) is 0 Å². The standard InChI is InChI=1S/C7H15NO3.CH4O4S/c1-2-4-8-6(3-5-9)7(10)11;1-5-6(2,3)4/h6,8-9H,2-5H2,1H3,(H,10,11);1H3,(H,2,3,4)/t6-;/m0./s1. The highest BCUT2D eigenvalue weighted by molar-refractivity contribution is 7.80. The fraction of sp³-hybridized carbons (Fsp3) is 0.875. The van der Waals surface area contributed by atoms with Gasteiger partial charge in [-0.05, 0) is 19.4 Å². The SMILES string of the molecule is CCCN[C@@H](CCO)C(=O)O.COS(=O)(=O)O. The minimum absolute atomic E-state index is 0.0896. The molecule has 0 saturated carbocycles. The lowest BCUT2D eigenvalue weighted by Gasteiger charge is -2.11. The first-order valence-corrected chi connectivity index (χ1v) is 6.25. The van der Waals surface area contributed by atoms with Gasteiger partial charge in [-0.15, -0.1) is 0 Å². The molecule has 0 heterocycles. The lowest BCUT2D eigenvalue weighted by Crippen LogP contribution is -2.37. The van der Waals surface area contributed by atoms with Crippen LogP contribution in [0.4, 0.5) is 0 Å². The van der Waals surface area contributed by atoms with Gasteiger partial charge >= 0.3 is 16.4 Å². The molecule has 0 spiro atoms. The second-order valence-electron chi connectivity index (χ2n) is 2.95. The predicted molar refractivity (Wildman–Crippen MR) is 60.0 cm³/mol. The number of carbonyl (C=O) groups is 1. The lowest BCUT2D eigenvalue weighted by atomic mass is 10.2. The molecule has 0 aliphatic heterocycles. The van der Waals surface area contributed by atoms with E-state index >= 15 is 0 Å². The Morgan fingerprint density at radius 1 is 1.47 bits per heavy atom. The second-order valence-corrected chi connectivity index (χ2v) is 4.14. The Morgan fingerprint density at radius 3 is 2.18 bits per heavy atom. The third kappa shape index (κ3) is 15.3. The first kappa shape index (κ1) is 18.6. The molecule has 1 atom stereocenters. The molecule has 0 radical (unpaired) electrons. The number of aliphatic hydroxyl groups excluding tert-OH is 1. The molecule has 0 fully saturated rings. The van der Waals surface area contributed by atoms with Crippen LogP contribution in [-0.4, -0.2) is 55.5 Å². The Hall–Kier alpha value is -0.740. The Labute approximate surface area is 101 Å². The second kappa shape index (κ2) is 10.4. The van der Waals surface area contributed by atoms with Gasteiger partial charge < -0.3 is 15.5 Å². The zero-order valence-electron chi connectivity index (χ0n) is 9.79. The third-order valence-electron chi connectivity index (χ3n) is 1.57. The van der Waals surface area contributed by atoms with Gasteiger partial charge in [0.15, 0.2) is 0 Å². The number of aliphatic hydroxyl groups is 1. The molecule has 0 saturated heterocycles. The number of nitrogens with one attached hydrogen (secondary N) is 1. The van der Waals surface area contributed by atoms with Crippen LogP contribution < -0.4 is 5.32 Å². The quantitative estimate of drug-likeness (QED) is 0.446. The van der Waals surface area contributed by atoms with Crippen LogP contribution in [0.2, 0.25) is 0 Å². The molecule has 0 bridgehead atoms. The van der Waals surface area contributed by atoms with Crippen LogP contribution in [0.25, 0.3) is 0 Å². The minimum atomic E-state index is -4.16. The van der Waals surface area contributed by atoms with Gasteiger partial charge in [0.25, 0.3) is 0 Å². The summed E-state index contributed by atoms with van der Waals surface area (Å²) in [5.74, 6) is -0.896. The molecule has 0 unspecified atom stereocenters. The van der Waals surface area contributed by atoms with Crippen LogP contribution in [0, 0.1) is 0 Å². The van der Waals surface area contributed by atoms with E-state index in [1.807, 2.05) is 6.92 Å². The molecule has 0 aromatic carbocycles. The van der Waals surface area contributed by atoms with E-state index < -0.39 is 22.4 Å². The van der Waals surface area contributed by atoms with E-state index in [1.54, 1.807) is 0 Å². The van der Waals surface area contributed by atoms with Gasteiger partial charge in [0, 0.05) is 6.61 Å². The molecule has 0 aromatic heterocycles. The van der Waals surface area contributed by atoms with Crippen LogP contribution in [0.15, 0.2) is 0 Å². The summed E-state index contributed by atoms with van der Waals surface area (Å²) < 4.78 is 29.7. The van der Waals surface area contributed by atoms with Gasteiger partial charge in [-0.3, -0.25) is 13.5 Å². The number of hydrogen-bond acceptors (Lipinski definition) is 6. The highest BCUT2D eigenvalue weighted by Gasteiger charge is 2.14. The van der Waals surface area contributed by atoms with Crippen molar-refractivity contribution in [3.63, 3.8) is 0 Å². The van der Waals surface area contributed by atoms with Crippen molar-refractivity contribution in [2.45, 2.75) is 25.8 Å². The highest BCUT2D eigenvalue weighted by Crippen LogP contribution is 1.90. The zero-order valence-corrected chi connectivity index (χ0v) is 10.6. The van der Waals surface area contributed by atoms with Crippen LogP contribution >= 0.6 is 0 Å². The van der Waals surface area contributed by atoms with Crippen LogP contribution in [0.1, 0.15) is 19.8 Å². The fourth-order valence-corrected chi connectivity index (χ4v) is 0.761. The molecule has 0 aliphatic carbocycles. The zero-order chi connectivity index (χ0) is 13.9. The van der Waals surface area contributed by atoms with E-state index in [4.69, 9.17) is 14.8 Å². The summed E-state index contributed by atoms with van der Waals surface area (Å²) in [5, 5.41) is 19.8. The number of aliphatic carboxylic acids is 1. The van der Waals surface area contributed by atoms with Gasteiger partial charge in [0.05, 0.1) is 7.11 Å². The highest BCUT2D eigenvalue weighted by atomic mass is 32.3. The van der Waals surface area contributed by atoms with E-state index in [0.29, 0.717) is 6.54 Å². The van der Waals surface area contributed by atoms with Crippen LogP contribution in [0.5, 0.6) is 0 Å². The maximum absolute atomic E-state index is 10.4. The Balaban J connectivity index is 0. The molecule has 9 heteroatoms. The Bertz CT molecular complexity index is 290. The molecule has 0 aromatic rings. The molecular formula is C8H19NO7S. The largest absolute Gasteiger partial charge is 0.480 e. The Morgan fingerprint density at radius 2 is 1.94 bits per heavy atom. The van der Waals surface area contributed by atoms with E-state index in [9.17, 15) is 13.2 Å². The summed E-state index contributed by atoms with van der Waals surface area (Å²) in [6, 6.07) is -0.597. The number of carboxylic acid groups (broad SMARTS) is 1. The maximum Gasteiger partial charge on any atom is 0.397 e. The summed E-state index contributed by atoms with van der Waals surface area (Å²) in [6.45, 7) is 2.55. The molecular weight excluding hydrogens is 254 g/mol. The number of hydrogen-bond donors (Lipinski definition) is 4. The van der Waals surface area contributed by atoms with Crippen molar-refractivity contribution >= 4 is 16.4 Å². The summed E-state index contributed by atoms with van der Waals surface area (Å²) >= 11 is 0. The molecule has 0 amide bonds. The normalized spacial score (nSPS) is 12.5. The summed E-state index contributed by atoms with van der Waals surface area (Å²) in [4.78, 5) is 10.4. The summed E-state index contributed by atoms with van der Waals surface area (Å²) in [7, 11) is -3.29.